The fraction of sp³-hybridized carbons (Fsp3) is 0.238. The minimum absolute atomic E-state index is 0.0626. The molecule has 0 saturated heterocycles. The molecule has 0 fully saturated rings. The Morgan fingerprint density at radius 2 is 1.40 bits per heavy atom. The number of hydrogen-bond acceptors (Lipinski definition) is 2. The summed E-state index contributed by atoms with van der Waals surface area (Å²) in [5.41, 5.74) is 2.25. The molecule has 0 amide bonds. The van der Waals surface area contributed by atoms with Crippen LogP contribution in [0.5, 0.6) is 0 Å². The fourth-order valence-corrected chi connectivity index (χ4v) is 2.88. The van der Waals surface area contributed by atoms with Gasteiger partial charge in [0.05, 0.1) is 5.92 Å². The third-order valence-corrected chi connectivity index (χ3v) is 4.31. The third kappa shape index (κ3) is 5.05. The highest BCUT2D eigenvalue weighted by molar-refractivity contribution is 5.93. The van der Waals surface area contributed by atoms with E-state index < -0.39 is 17.9 Å². The topological polar surface area (TPSA) is 74.6 Å². The van der Waals surface area contributed by atoms with E-state index in [1.807, 2.05) is 36.4 Å². The lowest BCUT2D eigenvalue weighted by Gasteiger charge is -2.17. The van der Waals surface area contributed by atoms with Crippen LogP contribution in [0, 0.1) is 5.92 Å². The molecular weight excluding hydrogens is 316 g/mol. The summed E-state index contributed by atoms with van der Waals surface area (Å²) in [7, 11) is 0. The number of benzene rings is 2. The average molecular weight is 338 g/mol. The van der Waals surface area contributed by atoms with Gasteiger partial charge in [-0.2, -0.15) is 0 Å². The summed E-state index contributed by atoms with van der Waals surface area (Å²) in [4.78, 5) is 22.4. The van der Waals surface area contributed by atoms with Crippen molar-refractivity contribution in [1.82, 2.24) is 0 Å². The second-order valence-corrected chi connectivity index (χ2v) is 5.98. The maximum absolute atomic E-state index is 11.3. The van der Waals surface area contributed by atoms with Crippen molar-refractivity contribution < 1.29 is 19.8 Å². The molecule has 0 spiro atoms. The first kappa shape index (κ1) is 18.5. The predicted octanol–water partition coefficient (Wildman–Crippen LogP) is 4.33. The number of carboxylic acid groups (broad SMARTS) is 2. The molecule has 2 N–H and O–H groups in total. The van der Waals surface area contributed by atoms with Gasteiger partial charge in [0.15, 0.2) is 0 Å². The van der Waals surface area contributed by atoms with Crippen LogP contribution in [0.4, 0.5) is 0 Å². The Labute approximate surface area is 147 Å². The summed E-state index contributed by atoms with van der Waals surface area (Å²) in [5.74, 6) is -3.19. The summed E-state index contributed by atoms with van der Waals surface area (Å²) in [6, 6.07) is 20.1. The molecule has 130 valence electrons. The highest BCUT2D eigenvalue weighted by Crippen LogP contribution is 2.29. The van der Waals surface area contributed by atoms with Gasteiger partial charge in [-0.05, 0) is 30.9 Å². The minimum Gasteiger partial charge on any atom is -0.481 e. The second kappa shape index (κ2) is 8.83. The summed E-state index contributed by atoms with van der Waals surface area (Å²) < 4.78 is 0. The van der Waals surface area contributed by atoms with Crippen molar-refractivity contribution in [3.8, 4) is 0 Å². The normalized spacial score (nSPS) is 12.8. The maximum Gasteiger partial charge on any atom is 0.332 e. The van der Waals surface area contributed by atoms with Crippen molar-refractivity contribution in [3.05, 3.63) is 83.4 Å². The molecule has 0 saturated carbocycles. The highest BCUT2D eigenvalue weighted by atomic mass is 16.4. The van der Waals surface area contributed by atoms with Gasteiger partial charge in [0, 0.05) is 11.5 Å². The van der Waals surface area contributed by atoms with Crippen LogP contribution in [0.1, 0.15) is 36.8 Å². The fourth-order valence-electron chi connectivity index (χ4n) is 2.88. The molecule has 2 aromatic rings. The van der Waals surface area contributed by atoms with E-state index in [0.717, 1.165) is 11.1 Å². The number of rotatable bonds is 8. The van der Waals surface area contributed by atoms with Gasteiger partial charge in [-0.25, -0.2) is 4.79 Å². The Hall–Kier alpha value is -2.88. The molecule has 0 aromatic heterocycles. The third-order valence-electron chi connectivity index (χ3n) is 4.31. The molecule has 4 nitrogen and oxygen atoms in total. The highest BCUT2D eigenvalue weighted by Gasteiger charge is 2.22. The van der Waals surface area contributed by atoms with E-state index in [0.29, 0.717) is 12.8 Å². The molecule has 0 aliphatic carbocycles. The van der Waals surface area contributed by atoms with Crippen LogP contribution in [0.2, 0.25) is 0 Å². The van der Waals surface area contributed by atoms with Crippen LogP contribution in [0.3, 0.4) is 0 Å². The standard InChI is InChI=1S/C21H22O4/c1-15(20(22)23)18(21(24)25)13-8-14-19(16-9-4-2-5-10-16)17-11-6-3-7-12-17/h2-7,9-13,15,19H,8,14H2,1H3,(H,22,23)(H,24,25)/b18-13+. The Morgan fingerprint density at radius 3 is 1.80 bits per heavy atom. The molecule has 2 aromatic carbocycles. The van der Waals surface area contributed by atoms with Crippen molar-refractivity contribution >= 4 is 11.9 Å². The Bertz CT molecular complexity index is 696. The van der Waals surface area contributed by atoms with E-state index in [4.69, 9.17) is 5.11 Å². The van der Waals surface area contributed by atoms with Crippen LogP contribution in [-0.2, 0) is 9.59 Å². The van der Waals surface area contributed by atoms with Crippen LogP contribution in [-0.4, -0.2) is 22.2 Å². The zero-order valence-electron chi connectivity index (χ0n) is 14.1. The lowest BCUT2D eigenvalue weighted by atomic mass is 9.87. The van der Waals surface area contributed by atoms with E-state index in [2.05, 4.69) is 24.3 Å². The molecular formula is C21H22O4. The van der Waals surface area contributed by atoms with Crippen molar-refractivity contribution in [2.75, 3.05) is 0 Å². The summed E-state index contributed by atoms with van der Waals surface area (Å²) in [6.07, 6.45) is 2.74. The average Bonchev–Trinajstić information content (AvgIpc) is 2.62. The largest absolute Gasteiger partial charge is 0.481 e. The van der Waals surface area contributed by atoms with Crippen molar-refractivity contribution in [1.29, 1.82) is 0 Å². The molecule has 1 atom stereocenters. The second-order valence-electron chi connectivity index (χ2n) is 5.98. The quantitative estimate of drug-likeness (QED) is 0.703. The van der Waals surface area contributed by atoms with Gasteiger partial charge in [-0.3, -0.25) is 4.79 Å². The molecule has 0 bridgehead atoms. The van der Waals surface area contributed by atoms with Crippen LogP contribution >= 0.6 is 0 Å². The Kier molecular flexibility index (Phi) is 6.52. The first-order chi connectivity index (χ1) is 12.0. The van der Waals surface area contributed by atoms with E-state index in [9.17, 15) is 14.7 Å². The predicted molar refractivity (Wildman–Crippen MR) is 96.5 cm³/mol. The van der Waals surface area contributed by atoms with Gasteiger partial charge >= 0.3 is 11.9 Å². The summed E-state index contributed by atoms with van der Waals surface area (Å²) >= 11 is 0. The van der Waals surface area contributed by atoms with Crippen LogP contribution < -0.4 is 0 Å². The van der Waals surface area contributed by atoms with E-state index in [1.165, 1.54) is 6.92 Å². The van der Waals surface area contributed by atoms with Crippen molar-refractivity contribution in [3.63, 3.8) is 0 Å². The summed E-state index contributed by atoms with van der Waals surface area (Å²) in [6.45, 7) is 1.40. The number of aliphatic carboxylic acids is 2. The van der Waals surface area contributed by atoms with Gasteiger partial charge in [0.25, 0.3) is 0 Å². The molecule has 25 heavy (non-hydrogen) atoms. The SMILES string of the molecule is CC(C(=O)O)/C(=C\CCC(c1ccccc1)c1ccccc1)C(=O)O. The zero-order chi connectivity index (χ0) is 18.2. The molecule has 0 radical (unpaired) electrons. The molecule has 0 aliphatic rings. The van der Waals surface area contributed by atoms with Crippen molar-refractivity contribution in [2.45, 2.75) is 25.7 Å². The molecule has 4 heteroatoms. The van der Waals surface area contributed by atoms with E-state index in [-0.39, 0.29) is 11.5 Å². The monoisotopic (exact) mass is 338 g/mol. The zero-order valence-corrected chi connectivity index (χ0v) is 14.1. The lowest BCUT2D eigenvalue weighted by Crippen LogP contribution is -2.18. The molecule has 2 rings (SSSR count). The first-order valence-electron chi connectivity index (χ1n) is 8.26. The van der Waals surface area contributed by atoms with Crippen molar-refractivity contribution in [2.24, 2.45) is 5.92 Å². The molecule has 1 unspecified atom stereocenters. The van der Waals surface area contributed by atoms with Gasteiger partial charge in [-0.15, -0.1) is 0 Å². The smallest absolute Gasteiger partial charge is 0.332 e. The molecule has 0 heterocycles. The van der Waals surface area contributed by atoms with Gasteiger partial charge < -0.3 is 10.2 Å². The van der Waals surface area contributed by atoms with Gasteiger partial charge in [-0.1, -0.05) is 66.7 Å². The number of carboxylic acids is 2. The number of carbonyl (C=O) groups is 2. The first-order valence-corrected chi connectivity index (χ1v) is 8.26. The van der Waals surface area contributed by atoms with Gasteiger partial charge in [0.1, 0.15) is 0 Å². The molecule has 0 aliphatic heterocycles. The summed E-state index contributed by atoms with van der Waals surface area (Å²) in [5, 5.41) is 18.3. The Balaban J connectivity index is 2.22. The number of allylic oxidation sites excluding steroid dienone is 1. The van der Waals surface area contributed by atoms with Crippen LogP contribution in [0.25, 0.3) is 0 Å². The van der Waals surface area contributed by atoms with E-state index >= 15 is 0 Å². The van der Waals surface area contributed by atoms with E-state index in [1.54, 1.807) is 6.08 Å². The Morgan fingerprint density at radius 1 is 0.920 bits per heavy atom. The number of hydrogen-bond donors (Lipinski definition) is 2. The maximum atomic E-state index is 11.3. The lowest BCUT2D eigenvalue weighted by molar-refractivity contribution is -0.143. The van der Waals surface area contributed by atoms with Crippen LogP contribution in [0.15, 0.2) is 72.3 Å². The van der Waals surface area contributed by atoms with Gasteiger partial charge in [0.2, 0.25) is 0 Å². The minimum atomic E-state index is -1.18.